The van der Waals surface area contributed by atoms with Gasteiger partial charge in [0.15, 0.2) is 16.6 Å². The van der Waals surface area contributed by atoms with E-state index in [-0.39, 0.29) is 5.91 Å². The summed E-state index contributed by atoms with van der Waals surface area (Å²) in [6.45, 7) is 0.981. The highest BCUT2D eigenvalue weighted by atomic mass is 35.5. The van der Waals surface area contributed by atoms with Gasteiger partial charge >= 0.3 is 0 Å². The minimum atomic E-state index is -0.269. The summed E-state index contributed by atoms with van der Waals surface area (Å²) in [6.07, 6.45) is 0. The van der Waals surface area contributed by atoms with Crippen LogP contribution in [0.1, 0.15) is 10.4 Å². The lowest BCUT2D eigenvalue weighted by Crippen LogP contribution is -2.17. The van der Waals surface area contributed by atoms with Crippen LogP contribution in [0.25, 0.3) is 10.2 Å². The predicted octanol–water partition coefficient (Wildman–Crippen LogP) is 3.98. The first-order valence-electron chi connectivity index (χ1n) is 7.49. The van der Waals surface area contributed by atoms with Gasteiger partial charge in [0, 0.05) is 11.6 Å². The second-order valence-electron chi connectivity index (χ2n) is 5.29. The number of hydrogen-bond donors (Lipinski definition) is 1. The standard InChI is InChI=1S/C17H13ClN2O4S/c1-22-13-8-15-11(7-10(13)18)19-17(25-15)20-16(21)9-2-3-12-14(6-9)24-5-4-23-12/h2-3,6-8H,4-5H2,1H3,(H,19,20,21). The van der Waals surface area contributed by atoms with E-state index in [2.05, 4.69) is 10.3 Å². The van der Waals surface area contributed by atoms with E-state index in [4.69, 9.17) is 25.8 Å². The van der Waals surface area contributed by atoms with Crippen LogP contribution < -0.4 is 19.5 Å². The highest BCUT2D eigenvalue weighted by molar-refractivity contribution is 7.22. The second-order valence-corrected chi connectivity index (χ2v) is 6.72. The molecule has 3 aromatic rings. The number of aromatic nitrogens is 1. The molecule has 4 rings (SSSR count). The normalized spacial score (nSPS) is 12.9. The van der Waals surface area contributed by atoms with Crippen molar-refractivity contribution in [2.45, 2.75) is 0 Å². The molecule has 0 aliphatic carbocycles. The number of nitrogens with zero attached hydrogens (tertiary/aromatic N) is 1. The van der Waals surface area contributed by atoms with E-state index in [0.717, 1.165) is 4.70 Å². The van der Waals surface area contributed by atoms with E-state index in [1.54, 1.807) is 37.4 Å². The summed E-state index contributed by atoms with van der Waals surface area (Å²) in [7, 11) is 1.55. The van der Waals surface area contributed by atoms with Crippen LogP contribution in [0.15, 0.2) is 30.3 Å². The Hall–Kier alpha value is -2.51. The van der Waals surface area contributed by atoms with Crippen LogP contribution in [0.2, 0.25) is 5.02 Å². The zero-order valence-corrected chi connectivity index (χ0v) is 14.7. The molecule has 25 heavy (non-hydrogen) atoms. The number of methoxy groups -OCH3 is 1. The molecule has 1 N–H and O–H groups in total. The monoisotopic (exact) mass is 376 g/mol. The highest BCUT2D eigenvalue weighted by Gasteiger charge is 2.16. The van der Waals surface area contributed by atoms with Crippen molar-refractivity contribution in [3.63, 3.8) is 0 Å². The molecule has 1 aliphatic heterocycles. The van der Waals surface area contributed by atoms with Crippen molar-refractivity contribution in [1.82, 2.24) is 4.98 Å². The van der Waals surface area contributed by atoms with Gasteiger partial charge < -0.3 is 14.2 Å². The third-order valence-corrected chi connectivity index (χ3v) is 4.92. The summed E-state index contributed by atoms with van der Waals surface area (Å²) in [5.41, 5.74) is 1.17. The van der Waals surface area contributed by atoms with Gasteiger partial charge in [0.1, 0.15) is 19.0 Å². The SMILES string of the molecule is COc1cc2sc(NC(=O)c3ccc4c(c3)OCCO4)nc2cc1Cl. The molecular weight excluding hydrogens is 364 g/mol. The van der Waals surface area contributed by atoms with E-state index >= 15 is 0 Å². The van der Waals surface area contributed by atoms with Crippen LogP contribution >= 0.6 is 22.9 Å². The third kappa shape index (κ3) is 3.08. The van der Waals surface area contributed by atoms with Crippen molar-refractivity contribution in [2.24, 2.45) is 0 Å². The van der Waals surface area contributed by atoms with Crippen LogP contribution in [0, 0.1) is 0 Å². The number of anilines is 1. The summed E-state index contributed by atoms with van der Waals surface area (Å²) < 4.78 is 17.0. The average Bonchev–Trinajstić information content (AvgIpc) is 3.01. The fraction of sp³-hybridized carbons (Fsp3) is 0.176. The van der Waals surface area contributed by atoms with Gasteiger partial charge in [-0.3, -0.25) is 10.1 Å². The Labute approximate surface area is 152 Å². The lowest BCUT2D eigenvalue weighted by Gasteiger charge is -2.18. The minimum Gasteiger partial charge on any atom is -0.495 e. The summed E-state index contributed by atoms with van der Waals surface area (Å²) in [6, 6.07) is 8.60. The zero-order chi connectivity index (χ0) is 17.4. The molecule has 2 heterocycles. The molecule has 1 amide bonds. The number of rotatable bonds is 3. The van der Waals surface area contributed by atoms with Crippen molar-refractivity contribution in [1.29, 1.82) is 0 Å². The van der Waals surface area contributed by atoms with Gasteiger partial charge in [-0.1, -0.05) is 22.9 Å². The number of hydrogen-bond acceptors (Lipinski definition) is 6. The van der Waals surface area contributed by atoms with Crippen molar-refractivity contribution in [3.05, 3.63) is 40.9 Å². The number of amides is 1. The molecule has 128 valence electrons. The molecule has 0 atom stereocenters. The van der Waals surface area contributed by atoms with E-state index in [0.29, 0.717) is 51.7 Å². The van der Waals surface area contributed by atoms with Gasteiger partial charge in [0.2, 0.25) is 0 Å². The number of thiazole rings is 1. The Balaban J connectivity index is 1.59. The van der Waals surface area contributed by atoms with Crippen molar-refractivity contribution < 1.29 is 19.0 Å². The maximum atomic E-state index is 12.5. The number of benzene rings is 2. The molecular formula is C17H13ClN2O4S. The lowest BCUT2D eigenvalue weighted by molar-refractivity contribution is 0.102. The summed E-state index contributed by atoms with van der Waals surface area (Å²) in [5.74, 6) is 1.51. The first kappa shape index (κ1) is 16.0. The van der Waals surface area contributed by atoms with Crippen molar-refractivity contribution >= 4 is 44.2 Å². The predicted molar refractivity (Wildman–Crippen MR) is 96.6 cm³/mol. The fourth-order valence-corrected chi connectivity index (χ4v) is 3.60. The maximum Gasteiger partial charge on any atom is 0.257 e. The largest absolute Gasteiger partial charge is 0.495 e. The van der Waals surface area contributed by atoms with Gasteiger partial charge in [-0.05, 0) is 24.3 Å². The molecule has 0 spiro atoms. The van der Waals surface area contributed by atoms with Crippen LogP contribution in [-0.2, 0) is 0 Å². The molecule has 0 unspecified atom stereocenters. The van der Waals surface area contributed by atoms with Crippen LogP contribution in [0.5, 0.6) is 17.2 Å². The summed E-state index contributed by atoms with van der Waals surface area (Å²) in [4.78, 5) is 16.9. The molecule has 2 aromatic carbocycles. The van der Waals surface area contributed by atoms with E-state index in [1.165, 1.54) is 11.3 Å². The number of fused-ring (bicyclic) bond motifs is 2. The highest BCUT2D eigenvalue weighted by Crippen LogP contribution is 2.35. The topological polar surface area (TPSA) is 69.7 Å². The molecule has 0 bridgehead atoms. The first-order chi connectivity index (χ1) is 12.1. The van der Waals surface area contributed by atoms with Gasteiger partial charge in [0.25, 0.3) is 5.91 Å². The summed E-state index contributed by atoms with van der Waals surface area (Å²) >= 11 is 7.46. The van der Waals surface area contributed by atoms with E-state index in [1.807, 2.05) is 0 Å². The quantitative estimate of drug-likeness (QED) is 0.748. The van der Waals surface area contributed by atoms with Gasteiger partial charge in [-0.2, -0.15) is 0 Å². The maximum absolute atomic E-state index is 12.5. The van der Waals surface area contributed by atoms with Crippen LogP contribution in [-0.4, -0.2) is 31.2 Å². The molecule has 0 saturated carbocycles. The minimum absolute atomic E-state index is 0.269. The fourth-order valence-electron chi connectivity index (χ4n) is 2.49. The number of nitrogens with one attached hydrogen (secondary N) is 1. The van der Waals surface area contributed by atoms with Gasteiger partial charge in [-0.25, -0.2) is 4.98 Å². The molecule has 1 aromatic heterocycles. The van der Waals surface area contributed by atoms with E-state index < -0.39 is 0 Å². The Bertz CT molecular complexity index is 973. The van der Waals surface area contributed by atoms with Gasteiger partial charge in [-0.15, -0.1) is 0 Å². The third-order valence-electron chi connectivity index (χ3n) is 3.69. The molecule has 0 fully saturated rings. The molecule has 0 radical (unpaired) electrons. The molecule has 0 saturated heterocycles. The van der Waals surface area contributed by atoms with Gasteiger partial charge in [0.05, 0.1) is 22.3 Å². The van der Waals surface area contributed by atoms with Crippen molar-refractivity contribution in [3.8, 4) is 17.2 Å². The van der Waals surface area contributed by atoms with E-state index in [9.17, 15) is 4.79 Å². The first-order valence-corrected chi connectivity index (χ1v) is 8.68. The zero-order valence-electron chi connectivity index (χ0n) is 13.2. The van der Waals surface area contributed by atoms with Crippen LogP contribution in [0.4, 0.5) is 5.13 Å². The Morgan fingerprint density at radius 2 is 2.04 bits per heavy atom. The Kier molecular flexibility index (Phi) is 4.10. The smallest absolute Gasteiger partial charge is 0.257 e. The number of carbonyl (C=O) groups excluding carboxylic acids is 1. The number of ether oxygens (including phenoxy) is 3. The number of carbonyl (C=O) groups is 1. The Morgan fingerprint density at radius 3 is 2.84 bits per heavy atom. The second kappa shape index (κ2) is 6.42. The van der Waals surface area contributed by atoms with Crippen molar-refractivity contribution in [2.75, 3.05) is 25.6 Å². The molecule has 1 aliphatic rings. The van der Waals surface area contributed by atoms with Crippen LogP contribution in [0.3, 0.4) is 0 Å². The molecule has 6 nitrogen and oxygen atoms in total. The molecule has 8 heteroatoms. The lowest BCUT2D eigenvalue weighted by atomic mass is 10.2. The Morgan fingerprint density at radius 1 is 1.24 bits per heavy atom. The number of halogens is 1. The average molecular weight is 377 g/mol. The summed E-state index contributed by atoms with van der Waals surface area (Å²) in [5, 5.41) is 3.76.